The molecule has 0 radical (unpaired) electrons. The summed E-state index contributed by atoms with van der Waals surface area (Å²) in [5.74, 6) is 1.21. The molecule has 100 valence electrons. The largest absolute Gasteiger partial charge is 0.412 e. The topological polar surface area (TPSA) is 63.0 Å². The second-order valence-electron chi connectivity index (χ2n) is 5.18. The normalized spacial score (nSPS) is 10.3. The fourth-order valence-electron chi connectivity index (χ4n) is 2.00. The smallest absolute Gasteiger partial charge is 0.0181 e. The van der Waals surface area contributed by atoms with Gasteiger partial charge in [-0.1, -0.05) is 64.1 Å². The number of benzene rings is 2. The summed E-state index contributed by atoms with van der Waals surface area (Å²) < 4.78 is 0. The van der Waals surface area contributed by atoms with Gasteiger partial charge in [0.1, 0.15) is 0 Å². The summed E-state index contributed by atoms with van der Waals surface area (Å²) in [5, 5.41) is 2.71. The minimum atomic E-state index is 0. The van der Waals surface area contributed by atoms with Crippen LogP contribution in [0.15, 0.2) is 36.4 Å². The summed E-state index contributed by atoms with van der Waals surface area (Å²) in [7, 11) is 0. The SMILES string of the molecule is CC(C)c1ccc2cc(C(C)C)ccc2c1.O.O. The van der Waals surface area contributed by atoms with E-state index in [2.05, 4.69) is 64.1 Å². The molecule has 0 aliphatic heterocycles. The summed E-state index contributed by atoms with van der Waals surface area (Å²) in [6.45, 7) is 8.96. The Labute approximate surface area is 109 Å². The van der Waals surface area contributed by atoms with E-state index in [9.17, 15) is 0 Å². The summed E-state index contributed by atoms with van der Waals surface area (Å²) in [6, 6.07) is 13.6. The van der Waals surface area contributed by atoms with Crippen LogP contribution in [0, 0.1) is 0 Å². The van der Waals surface area contributed by atoms with Gasteiger partial charge in [0.05, 0.1) is 0 Å². The van der Waals surface area contributed by atoms with Gasteiger partial charge in [0, 0.05) is 0 Å². The molecule has 18 heavy (non-hydrogen) atoms. The molecular weight excluding hydrogens is 224 g/mol. The van der Waals surface area contributed by atoms with Crippen LogP contribution in [0.5, 0.6) is 0 Å². The lowest BCUT2D eigenvalue weighted by atomic mass is 9.96. The van der Waals surface area contributed by atoms with E-state index < -0.39 is 0 Å². The third kappa shape index (κ3) is 3.31. The van der Waals surface area contributed by atoms with E-state index in [1.165, 1.54) is 21.9 Å². The van der Waals surface area contributed by atoms with Gasteiger partial charge in [-0.05, 0) is 33.7 Å². The van der Waals surface area contributed by atoms with E-state index in [0.717, 1.165) is 0 Å². The van der Waals surface area contributed by atoms with Crippen LogP contribution in [-0.4, -0.2) is 11.0 Å². The van der Waals surface area contributed by atoms with Crippen molar-refractivity contribution in [2.45, 2.75) is 39.5 Å². The molecule has 0 heterocycles. The molecule has 0 saturated heterocycles. The molecule has 2 nitrogen and oxygen atoms in total. The van der Waals surface area contributed by atoms with Crippen LogP contribution in [0.1, 0.15) is 50.7 Å². The third-order valence-electron chi connectivity index (χ3n) is 3.22. The van der Waals surface area contributed by atoms with Crippen LogP contribution in [0.25, 0.3) is 10.8 Å². The Morgan fingerprint density at radius 2 is 0.944 bits per heavy atom. The average Bonchev–Trinajstić information content (AvgIpc) is 2.27. The van der Waals surface area contributed by atoms with Crippen molar-refractivity contribution in [3.8, 4) is 0 Å². The quantitative estimate of drug-likeness (QED) is 0.781. The Morgan fingerprint density at radius 3 is 1.22 bits per heavy atom. The van der Waals surface area contributed by atoms with Crippen molar-refractivity contribution < 1.29 is 11.0 Å². The third-order valence-corrected chi connectivity index (χ3v) is 3.22. The van der Waals surface area contributed by atoms with Crippen LogP contribution in [0.3, 0.4) is 0 Å². The highest BCUT2D eigenvalue weighted by molar-refractivity contribution is 5.84. The summed E-state index contributed by atoms with van der Waals surface area (Å²) in [6.07, 6.45) is 0. The van der Waals surface area contributed by atoms with Gasteiger partial charge < -0.3 is 11.0 Å². The van der Waals surface area contributed by atoms with Crippen molar-refractivity contribution in [3.05, 3.63) is 47.5 Å². The van der Waals surface area contributed by atoms with Gasteiger partial charge in [0.2, 0.25) is 0 Å². The highest BCUT2D eigenvalue weighted by atomic mass is 16.0. The molecule has 0 spiro atoms. The average molecular weight is 248 g/mol. The maximum Gasteiger partial charge on any atom is -0.0181 e. The lowest BCUT2D eigenvalue weighted by Gasteiger charge is -2.10. The van der Waals surface area contributed by atoms with Gasteiger partial charge in [-0.2, -0.15) is 0 Å². The molecule has 2 heteroatoms. The highest BCUT2D eigenvalue weighted by Gasteiger charge is 2.03. The Morgan fingerprint density at radius 1 is 0.611 bits per heavy atom. The van der Waals surface area contributed by atoms with Crippen LogP contribution in [-0.2, 0) is 0 Å². The Bertz CT molecular complexity index is 454. The van der Waals surface area contributed by atoms with Gasteiger partial charge in [-0.3, -0.25) is 0 Å². The van der Waals surface area contributed by atoms with Crippen molar-refractivity contribution in [2.75, 3.05) is 0 Å². The Hall–Kier alpha value is -1.38. The van der Waals surface area contributed by atoms with Crippen molar-refractivity contribution >= 4 is 10.8 Å². The first-order chi connectivity index (χ1) is 7.58. The number of rotatable bonds is 2. The standard InChI is InChI=1S/C16H20.2H2O/c1-11(2)13-5-7-16-10-14(12(3)4)6-8-15(16)9-13;;/h5-12H,1-4H3;2*1H2. The molecule has 0 aliphatic rings. The lowest BCUT2D eigenvalue weighted by molar-refractivity contribution is 0.823. The molecule has 0 amide bonds. The molecule has 2 aromatic rings. The van der Waals surface area contributed by atoms with E-state index in [1.807, 2.05) is 0 Å². The van der Waals surface area contributed by atoms with Gasteiger partial charge in [-0.15, -0.1) is 0 Å². The fraction of sp³-hybridized carbons (Fsp3) is 0.375. The molecule has 2 aromatic carbocycles. The zero-order valence-electron chi connectivity index (χ0n) is 11.6. The van der Waals surface area contributed by atoms with Crippen molar-refractivity contribution in [1.82, 2.24) is 0 Å². The molecule has 0 bridgehead atoms. The molecule has 0 saturated carbocycles. The molecule has 0 fully saturated rings. The minimum absolute atomic E-state index is 0. The first-order valence-corrected chi connectivity index (χ1v) is 6.11. The molecule has 0 aromatic heterocycles. The minimum Gasteiger partial charge on any atom is -0.412 e. The highest BCUT2D eigenvalue weighted by Crippen LogP contribution is 2.24. The summed E-state index contributed by atoms with van der Waals surface area (Å²) in [4.78, 5) is 0. The predicted molar refractivity (Wildman–Crippen MR) is 79.4 cm³/mol. The summed E-state index contributed by atoms with van der Waals surface area (Å²) >= 11 is 0. The second-order valence-corrected chi connectivity index (χ2v) is 5.18. The van der Waals surface area contributed by atoms with E-state index in [4.69, 9.17) is 0 Å². The first-order valence-electron chi connectivity index (χ1n) is 6.11. The Kier molecular flexibility index (Phi) is 6.02. The van der Waals surface area contributed by atoms with Crippen LogP contribution >= 0.6 is 0 Å². The second kappa shape index (κ2) is 6.53. The molecule has 4 N–H and O–H groups in total. The van der Waals surface area contributed by atoms with E-state index >= 15 is 0 Å². The summed E-state index contributed by atoms with van der Waals surface area (Å²) in [5.41, 5.74) is 2.84. The molecule has 2 rings (SSSR count). The van der Waals surface area contributed by atoms with Crippen LogP contribution in [0.2, 0.25) is 0 Å². The van der Waals surface area contributed by atoms with Gasteiger partial charge >= 0.3 is 0 Å². The van der Waals surface area contributed by atoms with E-state index in [-0.39, 0.29) is 11.0 Å². The number of hydrogen-bond donors (Lipinski definition) is 0. The zero-order chi connectivity index (χ0) is 11.7. The van der Waals surface area contributed by atoms with Gasteiger partial charge in [0.15, 0.2) is 0 Å². The van der Waals surface area contributed by atoms with E-state index in [0.29, 0.717) is 11.8 Å². The van der Waals surface area contributed by atoms with Gasteiger partial charge in [-0.25, -0.2) is 0 Å². The zero-order valence-corrected chi connectivity index (χ0v) is 11.6. The monoisotopic (exact) mass is 248 g/mol. The van der Waals surface area contributed by atoms with Crippen LogP contribution in [0.4, 0.5) is 0 Å². The molecular formula is C16H24O2. The molecule has 0 unspecified atom stereocenters. The predicted octanol–water partition coefficient (Wildman–Crippen LogP) is 3.44. The van der Waals surface area contributed by atoms with Crippen molar-refractivity contribution in [1.29, 1.82) is 0 Å². The Balaban J connectivity index is 0.00000144. The molecule has 0 aliphatic carbocycles. The first kappa shape index (κ1) is 16.6. The maximum atomic E-state index is 2.31. The van der Waals surface area contributed by atoms with Crippen molar-refractivity contribution in [2.24, 2.45) is 0 Å². The maximum absolute atomic E-state index is 2.31. The van der Waals surface area contributed by atoms with E-state index in [1.54, 1.807) is 0 Å². The molecule has 0 atom stereocenters. The van der Waals surface area contributed by atoms with Crippen molar-refractivity contribution in [3.63, 3.8) is 0 Å². The fourth-order valence-corrected chi connectivity index (χ4v) is 2.00. The number of fused-ring (bicyclic) bond motifs is 1. The van der Waals surface area contributed by atoms with Gasteiger partial charge in [0.25, 0.3) is 0 Å². The number of hydrogen-bond acceptors (Lipinski definition) is 0. The van der Waals surface area contributed by atoms with Crippen LogP contribution < -0.4 is 0 Å². The lowest BCUT2D eigenvalue weighted by Crippen LogP contribution is -1.89.